The molecule has 0 saturated carbocycles. The number of hydrogen-bond acceptors (Lipinski definition) is 7. The van der Waals surface area contributed by atoms with Gasteiger partial charge in [-0.15, -0.1) is 0 Å². The SMILES string of the molecule is O=C(Cc1ccccc1[N+](=O)[O-])N/N=C/c1cc(Br)c(OCc2cccc([N+](=O)[O-])c2)c(Br)c1. The number of ether oxygens (including phenoxy) is 1. The zero-order valence-electron chi connectivity index (χ0n) is 17.3. The van der Waals surface area contributed by atoms with Gasteiger partial charge in [0.25, 0.3) is 11.4 Å². The Labute approximate surface area is 210 Å². The number of non-ortho nitro benzene ring substituents is 1. The standard InChI is InChI=1S/C22H16Br2N4O6/c23-18-9-15(12-25-26-21(29)11-16-5-1-2-7-20(16)28(32)33)10-19(24)22(18)34-13-14-4-3-6-17(8-14)27(30)31/h1-10,12H,11,13H2,(H,26,29)/b25-12+. The lowest BCUT2D eigenvalue weighted by Gasteiger charge is -2.11. The zero-order valence-corrected chi connectivity index (χ0v) is 20.5. The summed E-state index contributed by atoms with van der Waals surface area (Å²) in [5.41, 5.74) is 3.76. The molecule has 0 bridgehead atoms. The molecule has 0 unspecified atom stereocenters. The molecule has 174 valence electrons. The molecule has 10 nitrogen and oxygen atoms in total. The van der Waals surface area contributed by atoms with Gasteiger partial charge >= 0.3 is 0 Å². The van der Waals surface area contributed by atoms with Crippen LogP contribution >= 0.6 is 31.9 Å². The molecule has 0 aliphatic carbocycles. The van der Waals surface area contributed by atoms with Crippen molar-refractivity contribution in [2.24, 2.45) is 5.10 Å². The number of nitrogens with one attached hydrogen (secondary N) is 1. The summed E-state index contributed by atoms with van der Waals surface area (Å²) in [5.74, 6) is -0.00957. The average molecular weight is 592 g/mol. The van der Waals surface area contributed by atoms with Crippen LogP contribution in [0.4, 0.5) is 11.4 Å². The molecule has 0 saturated heterocycles. The summed E-state index contributed by atoms with van der Waals surface area (Å²) >= 11 is 6.84. The number of hydrogen-bond donors (Lipinski definition) is 1. The molecule has 0 spiro atoms. The fourth-order valence-electron chi connectivity index (χ4n) is 2.94. The summed E-state index contributed by atoms with van der Waals surface area (Å²) in [5, 5.41) is 25.9. The van der Waals surface area contributed by atoms with E-state index in [2.05, 4.69) is 42.4 Å². The Morgan fingerprint density at radius 3 is 2.38 bits per heavy atom. The van der Waals surface area contributed by atoms with Crippen LogP contribution in [-0.2, 0) is 17.8 Å². The average Bonchev–Trinajstić information content (AvgIpc) is 2.79. The molecule has 34 heavy (non-hydrogen) atoms. The summed E-state index contributed by atoms with van der Waals surface area (Å²) < 4.78 is 6.99. The number of amides is 1. The lowest BCUT2D eigenvalue weighted by molar-refractivity contribution is -0.385. The van der Waals surface area contributed by atoms with Crippen LogP contribution in [0.25, 0.3) is 0 Å². The van der Waals surface area contributed by atoms with Crippen molar-refractivity contribution < 1.29 is 19.4 Å². The minimum Gasteiger partial charge on any atom is -0.487 e. The van der Waals surface area contributed by atoms with E-state index in [9.17, 15) is 25.0 Å². The number of benzene rings is 3. The number of nitrogens with zero attached hydrogens (tertiary/aromatic N) is 3. The Hall–Kier alpha value is -3.64. The van der Waals surface area contributed by atoms with Crippen molar-refractivity contribution in [3.63, 3.8) is 0 Å². The van der Waals surface area contributed by atoms with Crippen molar-refractivity contribution in [1.29, 1.82) is 0 Å². The Morgan fingerprint density at radius 1 is 1.00 bits per heavy atom. The second-order valence-electron chi connectivity index (χ2n) is 6.89. The van der Waals surface area contributed by atoms with Crippen LogP contribution in [0.2, 0.25) is 0 Å². The third kappa shape index (κ3) is 6.68. The van der Waals surface area contributed by atoms with Gasteiger partial charge in [0, 0.05) is 23.8 Å². The molecule has 0 atom stereocenters. The van der Waals surface area contributed by atoms with E-state index in [1.165, 1.54) is 36.5 Å². The first-order chi connectivity index (χ1) is 16.2. The van der Waals surface area contributed by atoms with Crippen LogP contribution in [0.3, 0.4) is 0 Å². The lowest BCUT2D eigenvalue weighted by atomic mass is 10.1. The van der Waals surface area contributed by atoms with Crippen LogP contribution in [0.5, 0.6) is 5.75 Å². The molecule has 0 aliphatic rings. The normalized spacial score (nSPS) is 10.8. The van der Waals surface area contributed by atoms with Gasteiger partial charge in [0.15, 0.2) is 0 Å². The molecule has 0 fully saturated rings. The number of carbonyl (C=O) groups excluding carboxylic acids is 1. The Morgan fingerprint density at radius 2 is 1.71 bits per heavy atom. The van der Waals surface area contributed by atoms with Crippen molar-refractivity contribution in [3.8, 4) is 5.75 Å². The molecular weight excluding hydrogens is 576 g/mol. The molecule has 1 amide bonds. The van der Waals surface area contributed by atoms with Gasteiger partial charge in [0.1, 0.15) is 12.4 Å². The maximum atomic E-state index is 12.1. The van der Waals surface area contributed by atoms with Crippen molar-refractivity contribution in [2.75, 3.05) is 0 Å². The third-order valence-corrected chi connectivity index (χ3v) is 5.65. The quantitative estimate of drug-likeness (QED) is 0.204. The topological polar surface area (TPSA) is 137 Å². The van der Waals surface area contributed by atoms with Gasteiger partial charge in [-0.3, -0.25) is 25.0 Å². The number of hydrazone groups is 1. The third-order valence-electron chi connectivity index (χ3n) is 4.47. The maximum absolute atomic E-state index is 12.1. The van der Waals surface area contributed by atoms with E-state index in [-0.39, 0.29) is 30.0 Å². The Kier molecular flexibility index (Phi) is 8.44. The van der Waals surface area contributed by atoms with Crippen LogP contribution in [0.15, 0.2) is 74.7 Å². The largest absolute Gasteiger partial charge is 0.487 e. The van der Waals surface area contributed by atoms with E-state index >= 15 is 0 Å². The van der Waals surface area contributed by atoms with Crippen molar-refractivity contribution in [3.05, 3.63) is 107 Å². The van der Waals surface area contributed by atoms with Crippen LogP contribution in [0, 0.1) is 20.2 Å². The molecule has 0 aliphatic heterocycles. The fraction of sp³-hybridized carbons (Fsp3) is 0.0909. The Bertz CT molecular complexity index is 1260. The smallest absolute Gasteiger partial charge is 0.273 e. The molecule has 1 N–H and O–H groups in total. The van der Waals surface area contributed by atoms with Crippen molar-refractivity contribution in [2.45, 2.75) is 13.0 Å². The maximum Gasteiger partial charge on any atom is 0.273 e. The minimum atomic E-state index is -0.538. The fourth-order valence-corrected chi connectivity index (χ4v) is 4.39. The molecule has 3 aromatic carbocycles. The van der Waals surface area contributed by atoms with Crippen LogP contribution < -0.4 is 10.2 Å². The van der Waals surface area contributed by atoms with Gasteiger partial charge in [-0.25, -0.2) is 5.43 Å². The first kappa shape index (κ1) is 25.0. The van der Waals surface area contributed by atoms with Crippen molar-refractivity contribution in [1.82, 2.24) is 5.43 Å². The highest BCUT2D eigenvalue weighted by molar-refractivity contribution is 9.11. The number of para-hydroxylation sites is 1. The number of rotatable bonds is 9. The number of halogens is 2. The van der Waals surface area contributed by atoms with E-state index in [1.54, 1.807) is 30.3 Å². The van der Waals surface area contributed by atoms with Crippen LogP contribution in [-0.4, -0.2) is 22.0 Å². The zero-order chi connectivity index (χ0) is 24.7. The van der Waals surface area contributed by atoms with E-state index < -0.39 is 15.8 Å². The summed E-state index contributed by atoms with van der Waals surface area (Å²) in [6.07, 6.45) is 1.23. The predicted octanol–water partition coefficient (Wildman–Crippen LogP) is 5.30. The van der Waals surface area contributed by atoms with Gasteiger partial charge in [0.05, 0.1) is 31.4 Å². The van der Waals surface area contributed by atoms with E-state index in [0.717, 1.165) is 0 Å². The molecule has 12 heteroatoms. The minimum absolute atomic E-state index is 0.0188. The van der Waals surface area contributed by atoms with E-state index in [4.69, 9.17) is 4.74 Å². The number of nitro benzene ring substituents is 2. The molecule has 3 rings (SSSR count). The van der Waals surface area contributed by atoms with E-state index in [1.807, 2.05) is 0 Å². The van der Waals surface area contributed by atoms with Gasteiger partial charge in [-0.2, -0.15) is 5.10 Å². The van der Waals surface area contributed by atoms with Gasteiger partial charge in [0.2, 0.25) is 5.91 Å². The lowest BCUT2D eigenvalue weighted by Crippen LogP contribution is -2.20. The van der Waals surface area contributed by atoms with Gasteiger partial charge in [-0.05, 0) is 55.1 Å². The molecular formula is C22H16Br2N4O6. The summed E-state index contributed by atoms with van der Waals surface area (Å²) in [4.78, 5) is 33.1. The summed E-state index contributed by atoms with van der Waals surface area (Å²) in [7, 11) is 0. The molecule has 0 heterocycles. The molecule has 3 aromatic rings. The number of carbonyl (C=O) groups is 1. The Balaban J connectivity index is 1.62. The highest BCUT2D eigenvalue weighted by Gasteiger charge is 2.15. The second kappa shape index (κ2) is 11.5. The highest BCUT2D eigenvalue weighted by atomic mass is 79.9. The van der Waals surface area contributed by atoms with Gasteiger partial charge < -0.3 is 4.74 Å². The molecule has 0 radical (unpaired) electrons. The first-order valence-electron chi connectivity index (χ1n) is 9.64. The molecule has 0 aromatic heterocycles. The predicted molar refractivity (Wildman–Crippen MR) is 132 cm³/mol. The van der Waals surface area contributed by atoms with Crippen LogP contribution in [0.1, 0.15) is 16.7 Å². The monoisotopic (exact) mass is 590 g/mol. The van der Waals surface area contributed by atoms with Crippen molar-refractivity contribution >= 4 is 55.4 Å². The summed E-state index contributed by atoms with van der Waals surface area (Å²) in [6, 6.07) is 15.6. The number of nitro groups is 2. The van der Waals surface area contributed by atoms with Gasteiger partial charge in [-0.1, -0.05) is 30.3 Å². The second-order valence-corrected chi connectivity index (χ2v) is 8.59. The first-order valence-corrected chi connectivity index (χ1v) is 11.2. The summed E-state index contributed by atoms with van der Waals surface area (Å²) in [6.45, 7) is 0.119. The highest BCUT2D eigenvalue weighted by Crippen LogP contribution is 2.35. The van der Waals surface area contributed by atoms with E-state index in [0.29, 0.717) is 25.8 Å².